The summed E-state index contributed by atoms with van der Waals surface area (Å²) in [5, 5.41) is 7.13. The maximum absolute atomic E-state index is 12.8. The first-order valence-corrected chi connectivity index (χ1v) is 9.56. The highest BCUT2D eigenvalue weighted by Gasteiger charge is 2.34. The van der Waals surface area contributed by atoms with E-state index in [-0.39, 0.29) is 17.9 Å². The molecule has 2 aromatic heterocycles. The number of carbonyl (C=O) groups is 1. The SMILES string of the molecule is Cc1ncc(Cl)cc1C(=O)NC1CCC(Cn2nc(C(F)(F)F)cc2C)CC1. The first-order chi connectivity index (χ1) is 13.1. The zero-order chi connectivity index (χ0) is 20.5. The molecule has 0 spiro atoms. The number of alkyl halides is 3. The van der Waals surface area contributed by atoms with Crippen LogP contribution in [0.15, 0.2) is 18.3 Å². The summed E-state index contributed by atoms with van der Waals surface area (Å²) in [5.41, 5.74) is 0.731. The number of pyridine rings is 1. The molecule has 1 N–H and O–H groups in total. The minimum absolute atomic E-state index is 0.0339. The molecule has 0 aromatic carbocycles. The van der Waals surface area contributed by atoms with Gasteiger partial charge in [-0.15, -0.1) is 0 Å². The van der Waals surface area contributed by atoms with Gasteiger partial charge in [0, 0.05) is 24.5 Å². The van der Waals surface area contributed by atoms with Gasteiger partial charge in [0.05, 0.1) is 16.3 Å². The van der Waals surface area contributed by atoms with Crippen molar-refractivity contribution in [1.29, 1.82) is 0 Å². The molecule has 1 amide bonds. The average Bonchev–Trinajstić information content (AvgIpc) is 3.00. The Morgan fingerprint density at radius 3 is 2.54 bits per heavy atom. The summed E-state index contributed by atoms with van der Waals surface area (Å²) >= 11 is 5.92. The summed E-state index contributed by atoms with van der Waals surface area (Å²) < 4.78 is 39.8. The number of halogens is 4. The summed E-state index contributed by atoms with van der Waals surface area (Å²) in [5.74, 6) is 0.0381. The van der Waals surface area contributed by atoms with Gasteiger partial charge in [0.2, 0.25) is 0 Å². The third-order valence-corrected chi connectivity index (χ3v) is 5.39. The van der Waals surface area contributed by atoms with Gasteiger partial charge in [0.1, 0.15) is 0 Å². The lowest BCUT2D eigenvalue weighted by atomic mass is 9.86. The molecule has 1 saturated carbocycles. The first-order valence-electron chi connectivity index (χ1n) is 9.18. The Morgan fingerprint density at radius 2 is 1.93 bits per heavy atom. The van der Waals surface area contributed by atoms with Crippen molar-refractivity contribution in [2.75, 3.05) is 0 Å². The van der Waals surface area contributed by atoms with Crippen molar-refractivity contribution in [3.8, 4) is 0 Å². The van der Waals surface area contributed by atoms with E-state index in [4.69, 9.17) is 11.6 Å². The molecule has 3 rings (SSSR count). The smallest absolute Gasteiger partial charge is 0.349 e. The van der Waals surface area contributed by atoms with Crippen molar-refractivity contribution >= 4 is 17.5 Å². The zero-order valence-corrected chi connectivity index (χ0v) is 16.4. The molecule has 1 fully saturated rings. The average molecular weight is 415 g/mol. The van der Waals surface area contributed by atoms with Gasteiger partial charge in [0.25, 0.3) is 5.91 Å². The van der Waals surface area contributed by atoms with Crippen LogP contribution in [0.1, 0.15) is 53.1 Å². The van der Waals surface area contributed by atoms with E-state index >= 15 is 0 Å². The number of nitrogens with zero attached hydrogens (tertiary/aromatic N) is 3. The van der Waals surface area contributed by atoms with Crippen LogP contribution in [0.25, 0.3) is 0 Å². The van der Waals surface area contributed by atoms with E-state index < -0.39 is 11.9 Å². The van der Waals surface area contributed by atoms with E-state index in [1.807, 2.05) is 0 Å². The van der Waals surface area contributed by atoms with Crippen LogP contribution in [-0.4, -0.2) is 26.7 Å². The summed E-state index contributed by atoms with van der Waals surface area (Å²) in [6, 6.07) is 2.71. The Morgan fingerprint density at radius 1 is 1.25 bits per heavy atom. The summed E-state index contributed by atoms with van der Waals surface area (Å²) in [7, 11) is 0. The summed E-state index contributed by atoms with van der Waals surface area (Å²) in [6.45, 7) is 3.85. The lowest BCUT2D eigenvalue weighted by Gasteiger charge is -2.29. The molecule has 0 bridgehead atoms. The Bertz CT molecular complexity index is 857. The third-order valence-electron chi connectivity index (χ3n) is 5.18. The molecule has 2 heterocycles. The van der Waals surface area contributed by atoms with Gasteiger partial charge in [-0.05, 0) is 57.6 Å². The highest BCUT2D eigenvalue weighted by atomic mass is 35.5. The standard InChI is InChI=1S/C19H22ClF3N4O/c1-11-7-17(19(21,22)23)26-27(11)10-13-3-5-15(6-4-13)25-18(28)16-8-14(20)9-24-12(16)2/h7-9,13,15H,3-6,10H2,1-2H3,(H,25,28). The molecule has 0 radical (unpaired) electrons. The fraction of sp³-hybridized carbons (Fsp3) is 0.526. The molecular weight excluding hydrogens is 393 g/mol. The van der Waals surface area contributed by atoms with Crippen LogP contribution in [0, 0.1) is 19.8 Å². The van der Waals surface area contributed by atoms with E-state index in [9.17, 15) is 18.0 Å². The Balaban J connectivity index is 1.54. The second-order valence-corrected chi connectivity index (χ2v) is 7.76. The molecule has 0 saturated heterocycles. The predicted octanol–water partition coefficient (Wildman–Crippen LogP) is 4.56. The minimum atomic E-state index is -4.43. The van der Waals surface area contributed by atoms with Crippen LogP contribution < -0.4 is 5.32 Å². The van der Waals surface area contributed by atoms with Crippen LogP contribution >= 0.6 is 11.6 Å². The number of aryl methyl sites for hydroxylation is 2. The molecule has 0 aliphatic heterocycles. The lowest BCUT2D eigenvalue weighted by Crippen LogP contribution is -2.38. The molecule has 1 aliphatic rings. The number of rotatable bonds is 4. The number of carbonyl (C=O) groups excluding carboxylic acids is 1. The Hall–Kier alpha value is -2.09. The van der Waals surface area contributed by atoms with Crippen molar-refractivity contribution in [2.24, 2.45) is 5.92 Å². The monoisotopic (exact) mass is 414 g/mol. The largest absolute Gasteiger partial charge is 0.435 e. The zero-order valence-electron chi connectivity index (χ0n) is 15.7. The maximum atomic E-state index is 12.8. The Labute approximate surface area is 166 Å². The minimum Gasteiger partial charge on any atom is -0.349 e. The number of hydrogen-bond acceptors (Lipinski definition) is 3. The second kappa shape index (κ2) is 8.11. The molecule has 152 valence electrons. The molecule has 0 atom stereocenters. The van der Waals surface area contributed by atoms with Gasteiger partial charge in [-0.25, -0.2) is 0 Å². The molecule has 0 unspecified atom stereocenters. The van der Waals surface area contributed by atoms with Crippen LogP contribution in [0.2, 0.25) is 5.02 Å². The van der Waals surface area contributed by atoms with E-state index in [1.165, 1.54) is 10.9 Å². The topological polar surface area (TPSA) is 59.8 Å². The molecule has 9 heteroatoms. The van der Waals surface area contributed by atoms with E-state index in [1.54, 1.807) is 19.9 Å². The van der Waals surface area contributed by atoms with Crippen molar-refractivity contribution in [3.05, 3.63) is 46.0 Å². The number of amides is 1. The fourth-order valence-corrected chi connectivity index (χ4v) is 3.73. The maximum Gasteiger partial charge on any atom is 0.435 e. The molecule has 28 heavy (non-hydrogen) atoms. The second-order valence-electron chi connectivity index (χ2n) is 7.33. The van der Waals surface area contributed by atoms with Gasteiger partial charge in [-0.3, -0.25) is 14.5 Å². The fourth-order valence-electron chi connectivity index (χ4n) is 3.57. The highest BCUT2D eigenvalue weighted by Crippen LogP contribution is 2.30. The van der Waals surface area contributed by atoms with Crippen molar-refractivity contribution in [1.82, 2.24) is 20.1 Å². The van der Waals surface area contributed by atoms with Crippen LogP contribution in [0.3, 0.4) is 0 Å². The summed E-state index contributed by atoms with van der Waals surface area (Å²) in [4.78, 5) is 16.6. The molecule has 2 aromatic rings. The molecule has 5 nitrogen and oxygen atoms in total. The number of nitrogens with one attached hydrogen (secondary N) is 1. The van der Waals surface area contributed by atoms with Crippen molar-refractivity contribution < 1.29 is 18.0 Å². The molecular formula is C19H22ClF3N4O. The summed E-state index contributed by atoms with van der Waals surface area (Å²) in [6.07, 6.45) is 0.258. The Kier molecular flexibility index (Phi) is 5.98. The van der Waals surface area contributed by atoms with Crippen LogP contribution in [0.4, 0.5) is 13.2 Å². The van der Waals surface area contributed by atoms with E-state index in [2.05, 4.69) is 15.4 Å². The van der Waals surface area contributed by atoms with Crippen LogP contribution in [-0.2, 0) is 12.7 Å². The van der Waals surface area contributed by atoms with Crippen LogP contribution in [0.5, 0.6) is 0 Å². The molecule has 1 aliphatic carbocycles. The van der Waals surface area contributed by atoms with E-state index in [0.717, 1.165) is 31.7 Å². The van der Waals surface area contributed by atoms with Gasteiger partial charge < -0.3 is 5.32 Å². The van der Waals surface area contributed by atoms with Crippen molar-refractivity contribution in [2.45, 2.75) is 58.3 Å². The van der Waals surface area contributed by atoms with Gasteiger partial charge in [0.15, 0.2) is 5.69 Å². The normalized spacial score (nSPS) is 20.2. The third kappa shape index (κ3) is 4.84. The van der Waals surface area contributed by atoms with E-state index in [0.29, 0.717) is 28.5 Å². The quantitative estimate of drug-likeness (QED) is 0.798. The van der Waals surface area contributed by atoms with Crippen molar-refractivity contribution in [3.63, 3.8) is 0 Å². The van der Waals surface area contributed by atoms with Gasteiger partial charge in [-0.1, -0.05) is 11.6 Å². The van der Waals surface area contributed by atoms with Gasteiger partial charge >= 0.3 is 6.18 Å². The highest BCUT2D eigenvalue weighted by molar-refractivity contribution is 6.30. The lowest BCUT2D eigenvalue weighted by molar-refractivity contribution is -0.141. The van der Waals surface area contributed by atoms with Gasteiger partial charge in [-0.2, -0.15) is 18.3 Å². The number of aromatic nitrogens is 3. The predicted molar refractivity (Wildman–Crippen MR) is 99.2 cm³/mol. The number of hydrogen-bond donors (Lipinski definition) is 1. The first kappa shape index (κ1) is 20.6.